The van der Waals surface area contributed by atoms with Crippen LogP contribution in [0.1, 0.15) is 42.7 Å². The number of amides is 1. The van der Waals surface area contributed by atoms with Gasteiger partial charge in [-0.1, -0.05) is 39.0 Å². The standard InChI is InChI=1S/C17H23N3O.2ClH/c1-4-18-9-10-19-17(21)14-11-16(12(2)3)20-15-8-6-5-7-13(14)15;;/h5-8,11-12,18H,4,9-10H2,1-3H3,(H,19,21);2*1H. The van der Waals surface area contributed by atoms with Gasteiger partial charge >= 0.3 is 0 Å². The molecule has 0 spiro atoms. The lowest BCUT2D eigenvalue weighted by molar-refractivity contribution is 0.0955. The van der Waals surface area contributed by atoms with Crippen LogP contribution in [0.3, 0.4) is 0 Å². The highest BCUT2D eigenvalue weighted by Crippen LogP contribution is 2.22. The van der Waals surface area contributed by atoms with E-state index in [4.69, 9.17) is 0 Å². The zero-order chi connectivity index (χ0) is 15.2. The highest BCUT2D eigenvalue weighted by atomic mass is 35.5. The molecule has 4 nitrogen and oxygen atoms in total. The maximum absolute atomic E-state index is 12.4. The molecule has 2 aromatic rings. The number of carbonyl (C=O) groups is 1. The minimum absolute atomic E-state index is 0. The summed E-state index contributed by atoms with van der Waals surface area (Å²) in [5, 5.41) is 7.06. The fourth-order valence-corrected chi connectivity index (χ4v) is 2.22. The summed E-state index contributed by atoms with van der Waals surface area (Å²) in [5.41, 5.74) is 2.53. The number of aromatic nitrogens is 1. The summed E-state index contributed by atoms with van der Waals surface area (Å²) in [5.74, 6) is 0.260. The van der Waals surface area contributed by atoms with E-state index < -0.39 is 0 Å². The Balaban J connectivity index is 0.00000242. The Kier molecular flexibility index (Phi) is 9.80. The third-order valence-corrected chi connectivity index (χ3v) is 3.41. The molecule has 0 aliphatic carbocycles. The van der Waals surface area contributed by atoms with E-state index in [0.29, 0.717) is 18.0 Å². The first-order chi connectivity index (χ1) is 10.1. The molecule has 0 saturated carbocycles. The number of fused-ring (bicyclic) bond motifs is 1. The van der Waals surface area contributed by atoms with Crippen molar-refractivity contribution in [3.63, 3.8) is 0 Å². The Morgan fingerprint density at radius 3 is 2.52 bits per heavy atom. The molecule has 1 aromatic carbocycles. The van der Waals surface area contributed by atoms with Crippen molar-refractivity contribution in [2.45, 2.75) is 26.7 Å². The van der Waals surface area contributed by atoms with Gasteiger partial charge in [0.25, 0.3) is 5.91 Å². The number of likely N-dealkylation sites (N-methyl/N-ethyl adjacent to an activating group) is 1. The van der Waals surface area contributed by atoms with E-state index in [2.05, 4.69) is 29.5 Å². The molecular formula is C17H25Cl2N3O. The topological polar surface area (TPSA) is 54.0 Å². The molecule has 2 rings (SSSR count). The second-order valence-electron chi connectivity index (χ2n) is 5.38. The van der Waals surface area contributed by atoms with Gasteiger partial charge in [-0.05, 0) is 24.6 Å². The number of pyridine rings is 1. The van der Waals surface area contributed by atoms with Crippen molar-refractivity contribution in [3.8, 4) is 0 Å². The van der Waals surface area contributed by atoms with Crippen LogP contribution in [0.2, 0.25) is 0 Å². The minimum Gasteiger partial charge on any atom is -0.351 e. The Bertz CT molecular complexity index is 632. The number of hydrogen-bond donors (Lipinski definition) is 2. The molecule has 0 unspecified atom stereocenters. The van der Waals surface area contributed by atoms with Crippen LogP contribution in [0.5, 0.6) is 0 Å². The number of benzene rings is 1. The van der Waals surface area contributed by atoms with Gasteiger partial charge in [-0.15, -0.1) is 24.8 Å². The van der Waals surface area contributed by atoms with Gasteiger partial charge in [0.15, 0.2) is 0 Å². The third-order valence-electron chi connectivity index (χ3n) is 3.41. The summed E-state index contributed by atoms with van der Waals surface area (Å²) in [6.45, 7) is 8.54. The summed E-state index contributed by atoms with van der Waals surface area (Å²) < 4.78 is 0. The first kappa shape index (κ1) is 21.6. The maximum Gasteiger partial charge on any atom is 0.252 e. The lowest BCUT2D eigenvalue weighted by Gasteiger charge is -2.12. The number of hydrogen-bond acceptors (Lipinski definition) is 3. The van der Waals surface area contributed by atoms with E-state index in [9.17, 15) is 4.79 Å². The smallest absolute Gasteiger partial charge is 0.252 e. The van der Waals surface area contributed by atoms with Crippen LogP contribution < -0.4 is 10.6 Å². The van der Waals surface area contributed by atoms with Crippen molar-refractivity contribution < 1.29 is 4.79 Å². The number of halogens is 2. The normalized spacial score (nSPS) is 10.1. The van der Waals surface area contributed by atoms with Crippen molar-refractivity contribution >= 4 is 41.6 Å². The molecule has 2 N–H and O–H groups in total. The van der Waals surface area contributed by atoms with Crippen LogP contribution in [-0.4, -0.2) is 30.5 Å². The van der Waals surface area contributed by atoms with Gasteiger partial charge in [-0.25, -0.2) is 0 Å². The molecule has 0 atom stereocenters. The predicted octanol–water partition coefficient (Wildman–Crippen LogP) is 3.54. The Morgan fingerprint density at radius 1 is 1.17 bits per heavy atom. The number of nitrogens with one attached hydrogen (secondary N) is 2. The average Bonchev–Trinajstić information content (AvgIpc) is 2.50. The van der Waals surface area contributed by atoms with Crippen LogP contribution in [0.15, 0.2) is 30.3 Å². The molecule has 23 heavy (non-hydrogen) atoms. The Hall–Kier alpha value is -1.36. The number of carbonyl (C=O) groups excluding carboxylic acids is 1. The summed E-state index contributed by atoms with van der Waals surface area (Å²) >= 11 is 0. The van der Waals surface area contributed by atoms with Gasteiger partial charge in [0.05, 0.1) is 11.1 Å². The van der Waals surface area contributed by atoms with Gasteiger partial charge in [0.1, 0.15) is 0 Å². The van der Waals surface area contributed by atoms with Gasteiger partial charge < -0.3 is 10.6 Å². The molecule has 1 aromatic heterocycles. The fraction of sp³-hybridized carbons (Fsp3) is 0.412. The predicted molar refractivity (Wildman–Crippen MR) is 101 cm³/mol. The zero-order valence-corrected chi connectivity index (χ0v) is 15.4. The first-order valence-corrected chi connectivity index (χ1v) is 7.52. The second-order valence-corrected chi connectivity index (χ2v) is 5.38. The van der Waals surface area contributed by atoms with Crippen molar-refractivity contribution in [2.24, 2.45) is 0 Å². The lowest BCUT2D eigenvalue weighted by atomic mass is 10.0. The van der Waals surface area contributed by atoms with Crippen LogP contribution in [0, 0.1) is 0 Å². The molecule has 1 amide bonds. The van der Waals surface area contributed by atoms with E-state index >= 15 is 0 Å². The van der Waals surface area contributed by atoms with Crippen LogP contribution in [0.25, 0.3) is 10.9 Å². The molecule has 0 radical (unpaired) electrons. The van der Waals surface area contributed by atoms with Gasteiger partial charge in [-0.2, -0.15) is 0 Å². The molecule has 0 bridgehead atoms. The maximum atomic E-state index is 12.4. The second kappa shape index (κ2) is 10.4. The van der Waals surface area contributed by atoms with Crippen LogP contribution >= 0.6 is 24.8 Å². The van der Waals surface area contributed by atoms with Crippen molar-refractivity contribution in [1.29, 1.82) is 0 Å². The van der Waals surface area contributed by atoms with Crippen molar-refractivity contribution in [3.05, 3.63) is 41.6 Å². The highest BCUT2D eigenvalue weighted by Gasteiger charge is 2.13. The summed E-state index contributed by atoms with van der Waals surface area (Å²) in [6.07, 6.45) is 0. The summed E-state index contributed by atoms with van der Waals surface area (Å²) in [6, 6.07) is 9.71. The molecular weight excluding hydrogens is 333 g/mol. The van der Waals surface area contributed by atoms with E-state index in [-0.39, 0.29) is 30.7 Å². The third kappa shape index (κ3) is 5.65. The lowest BCUT2D eigenvalue weighted by Crippen LogP contribution is -2.32. The molecule has 1 heterocycles. The quantitative estimate of drug-likeness (QED) is 0.777. The van der Waals surface area contributed by atoms with E-state index in [0.717, 1.165) is 29.7 Å². The van der Waals surface area contributed by atoms with Crippen LogP contribution in [-0.2, 0) is 0 Å². The highest BCUT2D eigenvalue weighted by molar-refractivity contribution is 6.06. The van der Waals surface area contributed by atoms with Gasteiger partial charge in [0, 0.05) is 24.2 Å². The fourth-order valence-electron chi connectivity index (χ4n) is 2.22. The molecule has 0 aliphatic heterocycles. The molecule has 6 heteroatoms. The van der Waals surface area contributed by atoms with Crippen LogP contribution in [0.4, 0.5) is 0 Å². The average molecular weight is 358 g/mol. The Morgan fingerprint density at radius 2 is 1.87 bits per heavy atom. The Labute approximate surface area is 150 Å². The van der Waals surface area contributed by atoms with Gasteiger partial charge in [0.2, 0.25) is 0 Å². The zero-order valence-electron chi connectivity index (χ0n) is 13.8. The number of para-hydroxylation sites is 1. The molecule has 128 valence electrons. The SMILES string of the molecule is CCNCCNC(=O)c1cc(C(C)C)nc2ccccc12.Cl.Cl. The number of rotatable bonds is 6. The van der Waals surface area contributed by atoms with Gasteiger partial charge in [-0.3, -0.25) is 9.78 Å². The van der Waals surface area contributed by atoms with Crippen molar-refractivity contribution in [1.82, 2.24) is 15.6 Å². The molecule has 0 fully saturated rings. The summed E-state index contributed by atoms with van der Waals surface area (Å²) in [4.78, 5) is 17.1. The largest absolute Gasteiger partial charge is 0.351 e. The molecule has 0 saturated heterocycles. The first-order valence-electron chi connectivity index (χ1n) is 7.52. The van der Waals surface area contributed by atoms with E-state index in [1.54, 1.807) is 0 Å². The summed E-state index contributed by atoms with van der Waals surface area (Å²) in [7, 11) is 0. The van der Waals surface area contributed by atoms with Crippen molar-refractivity contribution in [2.75, 3.05) is 19.6 Å². The van der Waals surface area contributed by atoms with E-state index in [1.807, 2.05) is 37.3 Å². The molecule has 0 aliphatic rings. The number of nitrogens with zero attached hydrogens (tertiary/aromatic N) is 1. The monoisotopic (exact) mass is 357 g/mol. The minimum atomic E-state index is -0.0339. The van der Waals surface area contributed by atoms with E-state index in [1.165, 1.54) is 0 Å².